The van der Waals surface area contributed by atoms with E-state index in [2.05, 4.69) is 24.0 Å². The first-order chi connectivity index (χ1) is 15.5. The largest absolute Gasteiger partial charge is 0.497 e. The molecular formula is C25H30N4O2S. The molecule has 1 saturated heterocycles. The first kappa shape index (κ1) is 22.4. The lowest BCUT2D eigenvalue weighted by Gasteiger charge is -2.36. The minimum absolute atomic E-state index is 0.169. The number of rotatable bonds is 6. The number of piperidine rings is 1. The fourth-order valence-electron chi connectivity index (χ4n) is 4.39. The molecule has 0 aliphatic carbocycles. The van der Waals surface area contributed by atoms with E-state index < -0.39 is 0 Å². The number of hydrogen-bond acceptors (Lipinski definition) is 5. The smallest absolute Gasteiger partial charge is 0.235 e. The van der Waals surface area contributed by atoms with E-state index in [1.165, 1.54) is 18.2 Å². The fourth-order valence-corrected chi connectivity index (χ4v) is 5.34. The zero-order valence-corrected chi connectivity index (χ0v) is 19.9. The van der Waals surface area contributed by atoms with Crippen molar-refractivity contribution in [2.45, 2.75) is 37.6 Å². The summed E-state index contributed by atoms with van der Waals surface area (Å²) in [6.45, 7) is 8.07. The summed E-state index contributed by atoms with van der Waals surface area (Å²) in [7, 11) is 1.65. The van der Waals surface area contributed by atoms with Crippen LogP contribution in [0.3, 0.4) is 0 Å². The molecule has 0 radical (unpaired) electrons. The minimum Gasteiger partial charge on any atom is -0.497 e. The molecule has 3 unspecified atom stereocenters. The highest BCUT2D eigenvalue weighted by molar-refractivity contribution is 8.00. The molecule has 1 fully saturated rings. The monoisotopic (exact) mass is 450 g/mol. The number of amides is 1. The van der Waals surface area contributed by atoms with Gasteiger partial charge >= 0.3 is 0 Å². The molecule has 1 amide bonds. The van der Waals surface area contributed by atoms with Gasteiger partial charge in [-0.3, -0.25) is 9.36 Å². The number of carbonyl (C=O) groups excluding carboxylic acids is 1. The Hall–Kier alpha value is -2.80. The van der Waals surface area contributed by atoms with Gasteiger partial charge in [-0.15, -0.1) is 10.2 Å². The Morgan fingerprint density at radius 3 is 2.31 bits per heavy atom. The van der Waals surface area contributed by atoms with Crippen LogP contribution in [0.25, 0.3) is 17.1 Å². The third-order valence-electron chi connectivity index (χ3n) is 5.81. The fraction of sp³-hybridized carbons (Fsp3) is 0.400. The molecule has 7 heteroatoms. The van der Waals surface area contributed by atoms with Crippen molar-refractivity contribution in [3.8, 4) is 22.8 Å². The Balaban J connectivity index is 1.63. The number of hydrogen-bond donors (Lipinski definition) is 0. The number of carbonyl (C=O) groups is 1. The third kappa shape index (κ3) is 4.83. The highest BCUT2D eigenvalue weighted by atomic mass is 32.2. The first-order valence-electron chi connectivity index (χ1n) is 11.1. The SMILES string of the molecule is COc1ccc(-c2nnc(SC(C)C(=O)N3CC(C)CC(C)C3)n2-c2ccccc2)cc1. The second-order valence-electron chi connectivity index (χ2n) is 8.65. The van der Waals surface area contributed by atoms with E-state index >= 15 is 0 Å². The number of methoxy groups -OCH3 is 1. The molecule has 2 heterocycles. The summed E-state index contributed by atoms with van der Waals surface area (Å²) in [4.78, 5) is 15.2. The Labute approximate surface area is 194 Å². The van der Waals surface area contributed by atoms with Gasteiger partial charge in [0, 0.05) is 24.3 Å². The van der Waals surface area contributed by atoms with Crippen LogP contribution in [0, 0.1) is 11.8 Å². The highest BCUT2D eigenvalue weighted by Crippen LogP contribution is 2.32. The van der Waals surface area contributed by atoms with Crippen molar-refractivity contribution < 1.29 is 9.53 Å². The van der Waals surface area contributed by atoms with Crippen LogP contribution in [0.2, 0.25) is 0 Å². The summed E-state index contributed by atoms with van der Waals surface area (Å²) >= 11 is 1.47. The second kappa shape index (κ2) is 9.77. The van der Waals surface area contributed by atoms with Crippen LogP contribution in [0.5, 0.6) is 5.75 Å². The molecule has 1 aliphatic heterocycles. The Kier molecular flexibility index (Phi) is 6.84. The van der Waals surface area contributed by atoms with Crippen LogP contribution in [0.1, 0.15) is 27.2 Å². The van der Waals surface area contributed by atoms with Crippen LogP contribution in [0.15, 0.2) is 59.8 Å². The molecule has 1 aromatic heterocycles. The topological polar surface area (TPSA) is 60.3 Å². The molecule has 3 atom stereocenters. The maximum Gasteiger partial charge on any atom is 0.235 e. The van der Waals surface area contributed by atoms with E-state index in [-0.39, 0.29) is 11.2 Å². The lowest BCUT2D eigenvalue weighted by atomic mass is 9.92. The molecule has 0 spiro atoms. The lowest BCUT2D eigenvalue weighted by Crippen LogP contribution is -2.45. The van der Waals surface area contributed by atoms with Crippen LogP contribution >= 0.6 is 11.8 Å². The van der Waals surface area contributed by atoms with Gasteiger partial charge in [0.15, 0.2) is 11.0 Å². The van der Waals surface area contributed by atoms with Crippen molar-refractivity contribution in [1.29, 1.82) is 0 Å². The van der Waals surface area contributed by atoms with Crippen LogP contribution in [0.4, 0.5) is 0 Å². The first-order valence-corrected chi connectivity index (χ1v) is 11.9. The third-order valence-corrected chi connectivity index (χ3v) is 6.84. The van der Waals surface area contributed by atoms with Crippen molar-refractivity contribution in [3.63, 3.8) is 0 Å². The van der Waals surface area contributed by atoms with E-state index in [0.717, 1.165) is 35.9 Å². The van der Waals surface area contributed by atoms with Crippen molar-refractivity contribution in [2.24, 2.45) is 11.8 Å². The van der Waals surface area contributed by atoms with Gasteiger partial charge in [0.05, 0.1) is 12.4 Å². The summed E-state index contributed by atoms with van der Waals surface area (Å²) in [5.74, 6) is 2.77. The number of aromatic nitrogens is 3. The molecule has 1 aliphatic rings. The average molecular weight is 451 g/mol. The number of benzene rings is 2. The van der Waals surface area contributed by atoms with Gasteiger partial charge in [-0.1, -0.05) is 43.8 Å². The summed E-state index contributed by atoms with van der Waals surface area (Å²) in [5.41, 5.74) is 1.90. The molecular weight excluding hydrogens is 420 g/mol. The minimum atomic E-state index is -0.247. The number of nitrogens with zero attached hydrogens (tertiary/aromatic N) is 4. The summed E-state index contributed by atoms with van der Waals surface area (Å²) in [6.07, 6.45) is 1.18. The Bertz CT molecular complexity index is 1040. The second-order valence-corrected chi connectivity index (χ2v) is 9.96. The Morgan fingerprint density at radius 1 is 1.03 bits per heavy atom. The van der Waals surface area contributed by atoms with Gasteiger partial charge in [0.1, 0.15) is 5.75 Å². The van der Waals surface area contributed by atoms with E-state index in [1.807, 2.05) is 71.0 Å². The molecule has 3 aromatic rings. The summed E-state index contributed by atoms with van der Waals surface area (Å²) in [5, 5.41) is 9.44. The number of thioether (sulfide) groups is 1. The van der Waals surface area contributed by atoms with Gasteiger partial charge in [0.2, 0.25) is 5.91 Å². The number of likely N-dealkylation sites (tertiary alicyclic amines) is 1. The molecule has 168 valence electrons. The predicted octanol–water partition coefficient (Wildman–Crippen LogP) is 4.93. The van der Waals surface area contributed by atoms with E-state index in [1.54, 1.807) is 7.11 Å². The van der Waals surface area contributed by atoms with Gasteiger partial charge in [-0.05, 0) is 61.6 Å². The van der Waals surface area contributed by atoms with Crippen molar-refractivity contribution in [2.75, 3.05) is 20.2 Å². The Morgan fingerprint density at radius 2 is 1.69 bits per heavy atom. The highest BCUT2D eigenvalue weighted by Gasteiger charge is 2.30. The maximum absolute atomic E-state index is 13.2. The zero-order chi connectivity index (χ0) is 22.7. The van der Waals surface area contributed by atoms with Crippen molar-refractivity contribution >= 4 is 17.7 Å². The molecule has 0 N–H and O–H groups in total. The van der Waals surface area contributed by atoms with Crippen LogP contribution in [-0.2, 0) is 4.79 Å². The standard InChI is InChI=1S/C25H30N4O2S/c1-17-14-18(2)16-28(15-17)24(30)19(3)32-25-27-26-23(20-10-12-22(31-4)13-11-20)29(25)21-8-6-5-7-9-21/h5-13,17-19H,14-16H2,1-4H3. The van der Waals surface area contributed by atoms with Gasteiger partial charge < -0.3 is 9.64 Å². The molecule has 6 nitrogen and oxygen atoms in total. The summed E-state index contributed by atoms with van der Waals surface area (Å²) < 4.78 is 7.31. The van der Waals surface area contributed by atoms with Gasteiger partial charge in [0.25, 0.3) is 0 Å². The van der Waals surface area contributed by atoms with Crippen molar-refractivity contribution in [3.05, 3.63) is 54.6 Å². The van der Waals surface area contributed by atoms with Crippen LogP contribution < -0.4 is 4.74 Å². The zero-order valence-electron chi connectivity index (χ0n) is 19.1. The number of ether oxygens (including phenoxy) is 1. The quantitative estimate of drug-likeness (QED) is 0.499. The van der Waals surface area contributed by atoms with E-state index in [4.69, 9.17) is 4.74 Å². The lowest BCUT2D eigenvalue weighted by molar-refractivity contribution is -0.132. The molecule has 2 aromatic carbocycles. The van der Waals surface area contributed by atoms with Gasteiger partial charge in [-0.25, -0.2) is 0 Å². The molecule has 0 saturated carbocycles. The van der Waals surface area contributed by atoms with Gasteiger partial charge in [-0.2, -0.15) is 0 Å². The number of para-hydroxylation sites is 1. The molecule has 32 heavy (non-hydrogen) atoms. The normalized spacial score (nSPS) is 19.6. The van der Waals surface area contributed by atoms with Crippen LogP contribution in [-0.4, -0.2) is 51.0 Å². The predicted molar refractivity (Wildman–Crippen MR) is 128 cm³/mol. The van der Waals surface area contributed by atoms with Crippen molar-refractivity contribution in [1.82, 2.24) is 19.7 Å². The summed E-state index contributed by atoms with van der Waals surface area (Å²) in [6, 6.07) is 17.8. The van der Waals surface area contributed by atoms with E-state index in [0.29, 0.717) is 17.0 Å². The maximum atomic E-state index is 13.2. The van der Waals surface area contributed by atoms with E-state index in [9.17, 15) is 4.79 Å². The average Bonchev–Trinajstić information content (AvgIpc) is 3.22. The molecule has 0 bridgehead atoms. The molecule has 4 rings (SSSR count).